The summed E-state index contributed by atoms with van der Waals surface area (Å²) in [6.45, 7) is 0. The Morgan fingerprint density at radius 3 is 2.84 bits per heavy atom. The summed E-state index contributed by atoms with van der Waals surface area (Å²) >= 11 is 5.92. The summed E-state index contributed by atoms with van der Waals surface area (Å²) in [5.74, 6) is -0.641. The van der Waals surface area contributed by atoms with Crippen molar-refractivity contribution in [1.82, 2.24) is 9.97 Å². The SMILES string of the molecule is CNc1ncc(C(=O)Nc2ccncc2F)cc1Cl. The van der Waals surface area contributed by atoms with Crippen LogP contribution in [0.15, 0.2) is 30.7 Å². The third kappa shape index (κ3) is 2.97. The zero-order chi connectivity index (χ0) is 13.8. The molecule has 0 fully saturated rings. The average Bonchev–Trinajstić information content (AvgIpc) is 2.41. The second kappa shape index (κ2) is 5.62. The summed E-state index contributed by atoms with van der Waals surface area (Å²) in [5, 5.41) is 5.51. The van der Waals surface area contributed by atoms with Gasteiger partial charge in [0.1, 0.15) is 5.82 Å². The van der Waals surface area contributed by atoms with E-state index in [0.29, 0.717) is 10.8 Å². The van der Waals surface area contributed by atoms with E-state index >= 15 is 0 Å². The van der Waals surface area contributed by atoms with Crippen molar-refractivity contribution in [2.45, 2.75) is 0 Å². The number of pyridine rings is 2. The van der Waals surface area contributed by atoms with Crippen LogP contribution in [-0.2, 0) is 0 Å². The summed E-state index contributed by atoms with van der Waals surface area (Å²) in [6, 6.07) is 2.82. The van der Waals surface area contributed by atoms with Gasteiger partial charge in [-0.05, 0) is 12.1 Å². The molecule has 7 heteroatoms. The molecule has 0 bridgehead atoms. The van der Waals surface area contributed by atoms with Crippen molar-refractivity contribution in [3.63, 3.8) is 0 Å². The third-order valence-electron chi connectivity index (χ3n) is 2.36. The predicted octanol–water partition coefficient (Wildman–Crippen LogP) is 2.56. The molecule has 0 aromatic carbocycles. The van der Waals surface area contributed by atoms with Crippen molar-refractivity contribution in [3.05, 3.63) is 47.1 Å². The van der Waals surface area contributed by atoms with Crippen LogP contribution in [-0.4, -0.2) is 22.9 Å². The first kappa shape index (κ1) is 13.2. The lowest BCUT2D eigenvalue weighted by Crippen LogP contribution is -2.13. The van der Waals surface area contributed by atoms with Crippen LogP contribution in [0.1, 0.15) is 10.4 Å². The molecule has 2 aromatic rings. The fraction of sp³-hybridized carbons (Fsp3) is 0.0833. The van der Waals surface area contributed by atoms with Gasteiger partial charge in [-0.1, -0.05) is 11.6 Å². The van der Waals surface area contributed by atoms with Crippen LogP contribution in [0.2, 0.25) is 5.02 Å². The molecule has 0 saturated heterocycles. The number of halogens is 2. The number of carbonyl (C=O) groups is 1. The molecular weight excluding hydrogens is 271 g/mol. The second-order valence-electron chi connectivity index (χ2n) is 3.61. The summed E-state index contributed by atoms with van der Waals surface area (Å²) in [4.78, 5) is 19.5. The van der Waals surface area contributed by atoms with Gasteiger partial charge in [0.05, 0.1) is 22.5 Å². The Bertz CT molecular complexity index is 620. The number of hydrogen-bond donors (Lipinski definition) is 2. The minimum Gasteiger partial charge on any atom is -0.372 e. The number of nitrogens with zero attached hydrogens (tertiary/aromatic N) is 2. The summed E-state index contributed by atoms with van der Waals surface area (Å²) in [7, 11) is 1.67. The maximum atomic E-state index is 13.3. The largest absolute Gasteiger partial charge is 0.372 e. The standard InChI is InChI=1S/C12H10ClFN4O/c1-15-11-8(13)4-7(5-17-11)12(19)18-10-2-3-16-6-9(10)14/h2-6H,1H3,(H,15,17)(H,16,18,19). The van der Waals surface area contributed by atoms with Gasteiger partial charge in [-0.25, -0.2) is 9.37 Å². The number of nitrogens with one attached hydrogen (secondary N) is 2. The monoisotopic (exact) mass is 280 g/mol. The number of aromatic nitrogens is 2. The first-order chi connectivity index (χ1) is 9.11. The lowest BCUT2D eigenvalue weighted by molar-refractivity contribution is 0.102. The van der Waals surface area contributed by atoms with Crippen LogP contribution < -0.4 is 10.6 Å². The smallest absolute Gasteiger partial charge is 0.257 e. The van der Waals surface area contributed by atoms with Gasteiger partial charge in [0, 0.05) is 19.4 Å². The quantitative estimate of drug-likeness (QED) is 0.907. The molecule has 2 N–H and O–H groups in total. The minimum absolute atomic E-state index is 0.0498. The number of carbonyl (C=O) groups excluding carboxylic acids is 1. The van der Waals surface area contributed by atoms with E-state index in [4.69, 9.17) is 11.6 Å². The molecule has 2 aromatic heterocycles. The molecule has 0 aliphatic heterocycles. The van der Waals surface area contributed by atoms with Gasteiger partial charge >= 0.3 is 0 Å². The number of hydrogen-bond acceptors (Lipinski definition) is 4. The molecule has 0 aliphatic carbocycles. The van der Waals surface area contributed by atoms with Crippen LogP contribution in [0.5, 0.6) is 0 Å². The highest BCUT2D eigenvalue weighted by atomic mass is 35.5. The number of anilines is 2. The van der Waals surface area contributed by atoms with Crippen LogP contribution in [0, 0.1) is 5.82 Å². The van der Waals surface area contributed by atoms with Gasteiger partial charge in [-0.15, -0.1) is 0 Å². The second-order valence-corrected chi connectivity index (χ2v) is 4.02. The van der Waals surface area contributed by atoms with E-state index in [2.05, 4.69) is 20.6 Å². The Kier molecular flexibility index (Phi) is 3.91. The van der Waals surface area contributed by atoms with Crippen molar-refractivity contribution < 1.29 is 9.18 Å². The molecule has 0 unspecified atom stereocenters. The van der Waals surface area contributed by atoms with Gasteiger partial charge in [0.2, 0.25) is 0 Å². The lowest BCUT2D eigenvalue weighted by Gasteiger charge is -2.07. The zero-order valence-corrected chi connectivity index (χ0v) is 10.7. The first-order valence-electron chi connectivity index (χ1n) is 5.36. The number of amides is 1. The van der Waals surface area contributed by atoms with Gasteiger partial charge in [0.15, 0.2) is 5.82 Å². The lowest BCUT2D eigenvalue weighted by atomic mass is 10.2. The van der Waals surface area contributed by atoms with Crippen LogP contribution >= 0.6 is 11.6 Å². The van der Waals surface area contributed by atoms with E-state index < -0.39 is 11.7 Å². The molecule has 98 valence electrons. The Morgan fingerprint density at radius 2 is 2.21 bits per heavy atom. The average molecular weight is 281 g/mol. The van der Waals surface area contributed by atoms with Crippen molar-refractivity contribution in [1.29, 1.82) is 0 Å². The predicted molar refractivity (Wildman–Crippen MR) is 70.9 cm³/mol. The van der Waals surface area contributed by atoms with E-state index in [9.17, 15) is 9.18 Å². The Hall–Kier alpha value is -2.21. The molecule has 0 spiro atoms. The third-order valence-corrected chi connectivity index (χ3v) is 2.65. The molecular formula is C12H10ClFN4O. The minimum atomic E-state index is -0.609. The van der Waals surface area contributed by atoms with E-state index in [-0.39, 0.29) is 11.3 Å². The Labute approximate surface area is 113 Å². The van der Waals surface area contributed by atoms with Gasteiger partial charge in [-0.3, -0.25) is 9.78 Å². The highest BCUT2D eigenvalue weighted by Crippen LogP contribution is 2.20. The Balaban J connectivity index is 2.21. The first-order valence-corrected chi connectivity index (χ1v) is 5.73. The highest BCUT2D eigenvalue weighted by Gasteiger charge is 2.11. The summed E-state index contributed by atoms with van der Waals surface area (Å²) < 4.78 is 13.3. The van der Waals surface area contributed by atoms with Crippen LogP contribution in [0.25, 0.3) is 0 Å². The molecule has 0 aliphatic rings. The fourth-order valence-electron chi connectivity index (χ4n) is 1.42. The van der Waals surface area contributed by atoms with Crippen molar-refractivity contribution in [2.24, 2.45) is 0 Å². The zero-order valence-electron chi connectivity index (χ0n) is 9.95. The highest BCUT2D eigenvalue weighted by molar-refractivity contribution is 6.33. The van der Waals surface area contributed by atoms with Gasteiger partial charge in [-0.2, -0.15) is 0 Å². The van der Waals surface area contributed by atoms with E-state index in [0.717, 1.165) is 6.20 Å². The Morgan fingerprint density at radius 1 is 1.42 bits per heavy atom. The summed E-state index contributed by atoms with van der Waals surface area (Å²) in [6.07, 6.45) is 3.76. The normalized spacial score (nSPS) is 10.1. The van der Waals surface area contributed by atoms with Crippen LogP contribution in [0.3, 0.4) is 0 Å². The maximum Gasteiger partial charge on any atom is 0.257 e. The molecule has 0 saturated carbocycles. The molecule has 0 radical (unpaired) electrons. The molecule has 5 nitrogen and oxygen atoms in total. The van der Waals surface area contributed by atoms with E-state index in [1.807, 2.05) is 0 Å². The summed E-state index contributed by atoms with van der Waals surface area (Å²) in [5.41, 5.74) is 0.286. The van der Waals surface area contributed by atoms with Crippen molar-refractivity contribution >= 4 is 29.0 Å². The fourth-order valence-corrected chi connectivity index (χ4v) is 1.68. The molecule has 2 heterocycles. The van der Waals surface area contributed by atoms with E-state index in [1.165, 1.54) is 24.5 Å². The molecule has 19 heavy (non-hydrogen) atoms. The molecule has 0 atom stereocenters. The molecule has 2 rings (SSSR count). The van der Waals surface area contributed by atoms with Gasteiger partial charge < -0.3 is 10.6 Å². The van der Waals surface area contributed by atoms with Crippen molar-refractivity contribution in [2.75, 3.05) is 17.7 Å². The number of rotatable bonds is 3. The van der Waals surface area contributed by atoms with Crippen LogP contribution in [0.4, 0.5) is 15.9 Å². The van der Waals surface area contributed by atoms with Crippen molar-refractivity contribution in [3.8, 4) is 0 Å². The maximum absolute atomic E-state index is 13.3. The topological polar surface area (TPSA) is 66.9 Å². The molecule has 1 amide bonds. The van der Waals surface area contributed by atoms with Gasteiger partial charge in [0.25, 0.3) is 5.91 Å². The van der Waals surface area contributed by atoms with E-state index in [1.54, 1.807) is 7.05 Å².